The van der Waals surface area contributed by atoms with Crippen LogP contribution in [0, 0.1) is 5.82 Å². The average Bonchev–Trinajstić information content (AvgIpc) is 2.05. The molecule has 0 aliphatic rings. The molecule has 12 heavy (non-hydrogen) atoms. The van der Waals surface area contributed by atoms with Gasteiger partial charge in [-0.2, -0.15) is 0 Å². The van der Waals surface area contributed by atoms with Crippen LogP contribution in [0.2, 0.25) is 0 Å². The van der Waals surface area contributed by atoms with Gasteiger partial charge >= 0.3 is 0 Å². The Morgan fingerprint density at radius 3 is 2.83 bits per heavy atom. The SMILES string of the molecule is CC(N)c1nc(C=O)ccc1F. The molecule has 4 heteroatoms. The average molecular weight is 168 g/mol. The van der Waals surface area contributed by atoms with E-state index < -0.39 is 11.9 Å². The van der Waals surface area contributed by atoms with Crippen LogP contribution in [0.4, 0.5) is 4.39 Å². The number of nitrogens with two attached hydrogens (primary N) is 1. The van der Waals surface area contributed by atoms with Gasteiger partial charge in [-0.3, -0.25) is 4.79 Å². The third-order valence-electron chi connectivity index (χ3n) is 1.45. The van der Waals surface area contributed by atoms with Crippen molar-refractivity contribution in [2.24, 2.45) is 5.73 Å². The van der Waals surface area contributed by atoms with Crippen molar-refractivity contribution in [3.63, 3.8) is 0 Å². The molecule has 0 aromatic carbocycles. The summed E-state index contributed by atoms with van der Waals surface area (Å²) in [6.45, 7) is 1.61. The fourth-order valence-corrected chi connectivity index (χ4v) is 0.859. The number of carbonyl (C=O) groups is 1. The van der Waals surface area contributed by atoms with Gasteiger partial charge in [-0.1, -0.05) is 0 Å². The Kier molecular flexibility index (Phi) is 2.50. The highest BCUT2D eigenvalue weighted by molar-refractivity contribution is 5.71. The minimum absolute atomic E-state index is 0.125. The number of aromatic nitrogens is 1. The third kappa shape index (κ3) is 1.65. The molecule has 1 unspecified atom stereocenters. The zero-order valence-corrected chi connectivity index (χ0v) is 6.62. The zero-order chi connectivity index (χ0) is 9.14. The van der Waals surface area contributed by atoms with E-state index in [2.05, 4.69) is 4.98 Å². The maximum atomic E-state index is 12.9. The van der Waals surface area contributed by atoms with Crippen LogP contribution in [0.5, 0.6) is 0 Å². The molecule has 0 radical (unpaired) electrons. The van der Waals surface area contributed by atoms with E-state index in [1.165, 1.54) is 12.1 Å². The maximum Gasteiger partial charge on any atom is 0.168 e. The van der Waals surface area contributed by atoms with E-state index in [0.29, 0.717) is 6.29 Å². The molecule has 1 heterocycles. The van der Waals surface area contributed by atoms with Crippen molar-refractivity contribution in [3.05, 3.63) is 29.3 Å². The molecule has 3 nitrogen and oxygen atoms in total. The molecule has 0 aliphatic heterocycles. The van der Waals surface area contributed by atoms with E-state index in [1.807, 2.05) is 0 Å². The number of nitrogens with zero attached hydrogens (tertiary/aromatic N) is 1. The fraction of sp³-hybridized carbons (Fsp3) is 0.250. The number of hydrogen-bond donors (Lipinski definition) is 1. The first-order valence-corrected chi connectivity index (χ1v) is 3.52. The molecular formula is C8H9FN2O. The number of rotatable bonds is 2. The first-order valence-electron chi connectivity index (χ1n) is 3.52. The van der Waals surface area contributed by atoms with E-state index in [0.717, 1.165) is 0 Å². The molecule has 1 aromatic heterocycles. The van der Waals surface area contributed by atoms with Gasteiger partial charge in [0.1, 0.15) is 11.5 Å². The lowest BCUT2D eigenvalue weighted by Gasteiger charge is -2.05. The second-order valence-electron chi connectivity index (χ2n) is 2.51. The molecule has 0 spiro atoms. The van der Waals surface area contributed by atoms with Crippen LogP contribution in [0.15, 0.2) is 12.1 Å². The molecule has 0 bridgehead atoms. The summed E-state index contributed by atoms with van der Waals surface area (Å²) in [5, 5.41) is 0. The Hall–Kier alpha value is -1.29. The Morgan fingerprint density at radius 2 is 2.33 bits per heavy atom. The molecule has 64 valence electrons. The van der Waals surface area contributed by atoms with Crippen molar-refractivity contribution in [2.75, 3.05) is 0 Å². The fourth-order valence-electron chi connectivity index (χ4n) is 0.859. The number of carbonyl (C=O) groups excluding carboxylic acids is 1. The third-order valence-corrected chi connectivity index (χ3v) is 1.45. The van der Waals surface area contributed by atoms with Gasteiger partial charge in [0.05, 0.1) is 5.69 Å². The molecule has 0 amide bonds. The van der Waals surface area contributed by atoms with Gasteiger partial charge in [-0.25, -0.2) is 9.37 Å². The first kappa shape index (κ1) is 8.80. The Bertz CT molecular complexity index is 299. The summed E-state index contributed by atoms with van der Waals surface area (Å²) in [6.07, 6.45) is 0.561. The van der Waals surface area contributed by atoms with Crippen molar-refractivity contribution in [3.8, 4) is 0 Å². The van der Waals surface area contributed by atoms with Crippen LogP contribution in [0.1, 0.15) is 29.1 Å². The first-order chi connectivity index (χ1) is 5.65. The number of pyridine rings is 1. The van der Waals surface area contributed by atoms with Gasteiger partial charge in [0.2, 0.25) is 0 Å². The van der Waals surface area contributed by atoms with Gasteiger partial charge < -0.3 is 5.73 Å². The summed E-state index contributed by atoms with van der Waals surface area (Å²) < 4.78 is 12.9. The second-order valence-corrected chi connectivity index (χ2v) is 2.51. The standard InChI is InChI=1S/C8H9FN2O/c1-5(10)8-7(9)3-2-6(4-12)11-8/h2-5H,10H2,1H3. The van der Waals surface area contributed by atoms with Gasteiger partial charge in [0.15, 0.2) is 6.29 Å². The summed E-state index contributed by atoms with van der Waals surface area (Å²) in [6, 6.07) is 2.01. The van der Waals surface area contributed by atoms with Crippen molar-refractivity contribution in [2.45, 2.75) is 13.0 Å². The highest BCUT2D eigenvalue weighted by Gasteiger charge is 2.08. The van der Waals surface area contributed by atoms with Crippen molar-refractivity contribution in [1.82, 2.24) is 4.98 Å². The zero-order valence-electron chi connectivity index (χ0n) is 6.62. The summed E-state index contributed by atoms with van der Waals surface area (Å²) in [5.74, 6) is -0.476. The van der Waals surface area contributed by atoms with E-state index in [-0.39, 0.29) is 11.4 Å². The summed E-state index contributed by atoms with van der Waals surface area (Å²) in [5.41, 5.74) is 5.74. The number of halogens is 1. The topological polar surface area (TPSA) is 56.0 Å². The second kappa shape index (κ2) is 3.40. The van der Waals surface area contributed by atoms with Gasteiger partial charge in [0, 0.05) is 6.04 Å². The van der Waals surface area contributed by atoms with E-state index in [4.69, 9.17) is 5.73 Å². The number of aldehydes is 1. The molecule has 0 saturated heterocycles. The van der Waals surface area contributed by atoms with Crippen molar-refractivity contribution >= 4 is 6.29 Å². The van der Waals surface area contributed by atoms with Gasteiger partial charge in [-0.05, 0) is 19.1 Å². The van der Waals surface area contributed by atoms with Crippen LogP contribution < -0.4 is 5.73 Å². The van der Waals surface area contributed by atoms with Crippen molar-refractivity contribution in [1.29, 1.82) is 0 Å². The van der Waals surface area contributed by atoms with Gasteiger partial charge in [-0.15, -0.1) is 0 Å². The van der Waals surface area contributed by atoms with E-state index >= 15 is 0 Å². The van der Waals surface area contributed by atoms with Gasteiger partial charge in [0.25, 0.3) is 0 Å². The molecule has 1 atom stereocenters. The van der Waals surface area contributed by atoms with Crippen LogP contribution in [0.25, 0.3) is 0 Å². The summed E-state index contributed by atoms with van der Waals surface area (Å²) >= 11 is 0. The predicted octanol–water partition coefficient (Wildman–Crippen LogP) is 1.05. The highest BCUT2D eigenvalue weighted by atomic mass is 19.1. The molecule has 0 fully saturated rings. The highest BCUT2D eigenvalue weighted by Crippen LogP contribution is 2.11. The Morgan fingerprint density at radius 1 is 1.67 bits per heavy atom. The molecule has 0 saturated carbocycles. The van der Waals surface area contributed by atoms with Crippen LogP contribution in [-0.4, -0.2) is 11.3 Å². The van der Waals surface area contributed by atoms with Crippen LogP contribution in [-0.2, 0) is 0 Å². The lowest BCUT2D eigenvalue weighted by Crippen LogP contribution is -2.11. The van der Waals surface area contributed by atoms with Crippen molar-refractivity contribution < 1.29 is 9.18 Å². The normalized spacial score (nSPS) is 12.6. The minimum Gasteiger partial charge on any atom is -0.323 e. The molecule has 1 aromatic rings. The molecule has 2 N–H and O–H groups in total. The Labute approximate surface area is 69.4 Å². The Balaban J connectivity index is 3.16. The van der Waals surface area contributed by atoms with E-state index in [1.54, 1.807) is 6.92 Å². The minimum atomic E-state index is -0.495. The van der Waals surface area contributed by atoms with Crippen LogP contribution in [0.3, 0.4) is 0 Å². The monoisotopic (exact) mass is 168 g/mol. The quantitative estimate of drug-likeness (QED) is 0.671. The van der Waals surface area contributed by atoms with E-state index in [9.17, 15) is 9.18 Å². The molecule has 0 aliphatic carbocycles. The smallest absolute Gasteiger partial charge is 0.168 e. The van der Waals surface area contributed by atoms with Crippen LogP contribution >= 0.6 is 0 Å². The largest absolute Gasteiger partial charge is 0.323 e. The lowest BCUT2D eigenvalue weighted by atomic mass is 10.2. The summed E-state index contributed by atoms with van der Waals surface area (Å²) in [4.78, 5) is 14.0. The predicted molar refractivity (Wildman–Crippen MR) is 42.2 cm³/mol. The maximum absolute atomic E-state index is 12.9. The summed E-state index contributed by atoms with van der Waals surface area (Å²) in [7, 11) is 0. The lowest BCUT2D eigenvalue weighted by molar-refractivity contribution is 0.111. The molecule has 1 rings (SSSR count). The molecular weight excluding hydrogens is 159 g/mol. The number of hydrogen-bond acceptors (Lipinski definition) is 3.